The van der Waals surface area contributed by atoms with Gasteiger partial charge >= 0.3 is 5.69 Å². The molecule has 2 atom stereocenters. The summed E-state index contributed by atoms with van der Waals surface area (Å²) in [6, 6.07) is 23.1. The van der Waals surface area contributed by atoms with Crippen molar-refractivity contribution in [3.8, 4) is 11.3 Å². The molecule has 35 heavy (non-hydrogen) atoms. The van der Waals surface area contributed by atoms with Gasteiger partial charge < -0.3 is 13.7 Å². The van der Waals surface area contributed by atoms with Crippen molar-refractivity contribution in [1.82, 2.24) is 13.7 Å². The molecule has 0 bridgehead atoms. The molecule has 0 unspecified atom stereocenters. The summed E-state index contributed by atoms with van der Waals surface area (Å²) >= 11 is 6.14. The highest BCUT2D eigenvalue weighted by Crippen LogP contribution is 2.45. The Labute approximate surface area is 205 Å². The number of hydrogen-bond donors (Lipinski definition) is 0. The van der Waals surface area contributed by atoms with Crippen LogP contribution < -0.4 is 11.2 Å². The predicted octanol–water partition coefficient (Wildman–Crippen LogP) is 4.81. The molecule has 3 aromatic heterocycles. The molecular formula is C27H22ClN3O4. The van der Waals surface area contributed by atoms with Crippen LogP contribution in [0.5, 0.6) is 0 Å². The largest absolute Gasteiger partial charge is 0.446 e. The average molecular weight is 488 g/mol. The molecule has 0 fully saturated rings. The summed E-state index contributed by atoms with van der Waals surface area (Å²) in [7, 11) is 3.18. The third kappa shape index (κ3) is 3.31. The van der Waals surface area contributed by atoms with E-state index in [2.05, 4.69) is 4.57 Å². The Morgan fingerprint density at radius 2 is 1.57 bits per heavy atom. The van der Waals surface area contributed by atoms with Crippen molar-refractivity contribution in [2.45, 2.75) is 18.8 Å². The fraction of sp³-hybridized carbons (Fsp3) is 0.185. The first-order valence-corrected chi connectivity index (χ1v) is 11.7. The van der Waals surface area contributed by atoms with Crippen molar-refractivity contribution < 1.29 is 9.15 Å². The van der Waals surface area contributed by atoms with Gasteiger partial charge in [-0.25, -0.2) is 4.79 Å². The second kappa shape index (κ2) is 8.15. The summed E-state index contributed by atoms with van der Waals surface area (Å²) in [6.45, 7) is 0.459. The van der Waals surface area contributed by atoms with Crippen molar-refractivity contribution in [1.29, 1.82) is 0 Å². The summed E-state index contributed by atoms with van der Waals surface area (Å²) in [6.07, 6.45) is -0.998. The number of rotatable bonds is 3. The van der Waals surface area contributed by atoms with Gasteiger partial charge in [0.05, 0.1) is 28.8 Å². The molecule has 176 valence electrons. The Hall–Kier alpha value is -3.81. The fourth-order valence-corrected chi connectivity index (χ4v) is 5.20. The lowest BCUT2D eigenvalue weighted by Gasteiger charge is -2.32. The normalized spacial score (nSPS) is 17.6. The third-order valence-electron chi connectivity index (χ3n) is 6.67. The zero-order valence-corrected chi connectivity index (χ0v) is 19.9. The Bertz CT molecular complexity index is 1680. The summed E-state index contributed by atoms with van der Waals surface area (Å²) in [4.78, 5) is 26.6. The molecule has 0 radical (unpaired) electrons. The van der Waals surface area contributed by atoms with Crippen LogP contribution in [0.3, 0.4) is 0 Å². The number of aryl methyl sites for hydroxylation is 1. The van der Waals surface area contributed by atoms with E-state index in [4.69, 9.17) is 20.8 Å². The third-order valence-corrected chi connectivity index (χ3v) is 6.88. The van der Waals surface area contributed by atoms with Gasteiger partial charge in [-0.05, 0) is 34.9 Å². The molecule has 0 saturated carbocycles. The summed E-state index contributed by atoms with van der Waals surface area (Å²) in [5, 5.41) is 0.705. The van der Waals surface area contributed by atoms with Crippen LogP contribution in [0.25, 0.3) is 22.2 Å². The van der Waals surface area contributed by atoms with Gasteiger partial charge in [0.15, 0.2) is 11.3 Å². The van der Waals surface area contributed by atoms with E-state index in [9.17, 15) is 9.59 Å². The van der Waals surface area contributed by atoms with Gasteiger partial charge in [0.2, 0.25) is 0 Å². The highest BCUT2D eigenvalue weighted by Gasteiger charge is 2.38. The molecule has 1 aliphatic heterocycles. The summed E-state index contributed by atoms with van der Waals surface area (Å²) in [5.74, 6) is 0.504. The van der Waals surface area contributed by atoms with Crippen molar-refractivity contribution >= 4 is 22.5 Å². The van der Waals surface area contributed by atoms with Crippen LogP contribution in [0.1, 0.15) is 29.2 Å². The van der Waals surface area contributed by atoms with Crippen LogP contribution in [0, 0.1) is 0 Å². The molecule has 6 rings (SSSR count). The van der Waals surface area contributed by atoms with Crippen LogP contribution in [0.15, 0.2) is 86.8 Å². The minimum atomic E-state index is -0.681. The molecule has 7 nitrogen and oxygen atoms in total. The molecule has 1 aliphatic rings. The molecule has 0 N–H and O–H groups in total. The second-order valence-electron chi connectivity index (χ2n) is 8.70. The van der Waals surface area contributed by atoms with Gasteiger partial charge in [-0.2, -0.15) is 0 Å². The Balaban J connectivity index is 1.75. The molecule has 0 saturated heterocycles. The zero-order chi connectivity index (χ0) is 24.3. The number of furan rings is 1. The van der Waals surface area contributed by atoms with Crippen molar-refractivity contribution in [2.24, 2.45) is 14.1 Å². The highest BCUT2D eigenvalue weighted by atomic mass is 35.5. The van der Waals surface area contributed by atoms with E-state index in [1.54, 1.807) is 19.2 Å². The maximum absolute atomic E-state index is 13.6. The number of nitrogens with zero attached hydrogens (tertiary/aromatic N) is 3. The molecule has 8 heteroatoms. The maximum atomic E-state index is 13.6. The number of halogens is 1. The topological polar surface area (TPSA) is 71.3 Å². The first-order chi connectivity index (χ1) is 17.0. The van der Waals surface area contributed by atoms with E-state index in [-0.39, 0.29) is 16.9 Å². The lowest BCUT2D eigenvalue weighted by molar-refractivity contribution is -0.0362. The molecule has 0 spiro atoms. The monoisotopic (exact) mass is 487 g/mol. The van der Waals surface area contributed by atoms with Gasteiger partial charge in [0, 0.05) is 14.1 Å². The Kier molecular flexibility index (Phi) is 5.05. The second-order valence-corrected chi connectivity index (χ2v) is 9.07. The van der Waals surface area contributed by atoms with Gasteiger partial charge in [-0.15, -0.1) is 0 Å². The summed E-state index contributed by atoms with van der Waals surface area (Å²) < 4.78 is 17.2. The number of ether oxygens (including phenoxy) is 1. The molecule has 2 aromatic carbocycles. The van der Waals surface area contributed by atoms with Crippen LogP contribution >= 0.6 is 11.6 Å². The minimum Gasteiger partial charge on any atom is -0.446 e. The van der Waals surface area contributed by atoms with Crippen LogP contribution in [-0.2, 0) is 25.4 Å². The Morgan fingerprint density at radius 3 is 2.23 bits per heavy atom. The van der Waals surface area contributed by atoms with E-state index in [1.807, 2.05) is 60.7 Å². The first-order valence-electron chi connectivity index (χ1n) is 11.3. The van der Waals surface area contributed by atoms with E-state index < -0.39 is 11.8 Å². The maximum Gasteiger partial charge on any atom is 0.331 e. The number of fused-ring (bicyclic) bond motifs is 3. The van der Waals surface area contributed by atoms with Crippen molar-refractivity contribution in [3.05, 3.63) is 116 Å². The number of aromatic nitrogens is 3. The summed E-state index contributed by atoms with van der Waals surface area (Å²) in [5.41, 5.74) is 3.09. The predicted molar refractivity (Wildman–Crippen MR) is 134 cm³/mol. The zero-order valence-electron chi connectivity index (χ0n) is 19.1. The molecule has 0 amide bonds. The molecule has 0 aliphatic carbocycles. The lowest BCUT2D eigenvalue weighted by Crippen LogP contribution is -2.37. The number of benzene rings is 2. The van der Waals surface area contributed by atoms with E-state index in [1.165, 1.54) is 11.6 Å². The lowest BCUT2D eigenvalue weighted by atomic mass is 10.0. The standard InChI is InChI=1S/C27H22ClN3O4/c1-29-23-21(26(32)30(2)27(29)33)22(17-11-7-4-8-12-17)31-15-19(16-9-5-3-6-10-16)35-25(24(23)31)18-13-14-20(28)34-18/h3-14,19,25H,15H2,1-2H3/t19-,25-/m1/s1. The van der Waals surface area contributed by atoms with Gasteiger partial charge in [0.25, 0.3) is 5.56 Å². The molecule has 5 aromatic rings. The van der Waals surface area contributed by atoms with Crippen LogP contribution in [-0.4, -0.2) is 13.7 Å². The van der Waals surface area contributed by atoms with Gasteiger partial charge in [-0.3, -0.25) is 13.9 Å². The van der Waals surface area contributed by atoms with Gasteiger partial charge in [0.1, 0.15) is 11.9 Å². The highest BCUT2D eigenvalue weighted by molar-refractivity contribution is 6.28. The fourth-order valence-electron chi connectivity index (χ4n) is 5.05. The van der Waals surface area contributed by atoms with E-state index in [0.717, 1.165) is 21.4 Å². The van der Waals surface area contributed by atoms with E-state index in [0.29, 0.717) is 28.9 Å². The van der Waals surface area contributed by atoms with Crippen LogP contribution in [0.2, 0.25) is 5.22 Å². The minimum absolute atomic E-state index is 0.237. The molecule has 4 heterocycles. The van der Waals surface area contributed by atoms with Crippen molar-refractivity contribution in [2.75, 3.05) is 0 Å². The van der Waals surface area contributed by atoms with Crippen LogP contribution in [0.4, 0.5) is 0 Å². The number of hydrogen-bond acceptors (Lipinski definition) is 4. The average Bonchev–Trinajstić information content (AvgIpc) is 3.48. The first kappa shape index (κ1) is 21.7. The quantitative estimate of drug-likeness (QED) is 0.366. The van der Waals surface area contributed by atoms with Gasteiger partial charge in [-0.1, -0.05) is 60.7 Å². The SMILES string of the molecule is Cn1c(=O)c2c(-c3ccccc3)n3c(c2n(C)c1=O)[C@@H](c1ccc(Cl)o1)O[C@@H](c1ccccc1)C3. The van der Waals surface area contributed by atoms with E-state index >= 15 is 0 Å². The van der Waals surface area contributed by atoms with Crippen molar-refractivity contribution in [3.63, 3.8) is 0 Å². The molecular weight excluding hydrogens is 466 g/mol. The smallest absolute Gasteiger partial charge is 0.331 e. The Morgan fingerprint density at radius 1 is 0.886 bits per heavy atom.